The summed E-state index contributed by atoms with van der Waals surface area (Å²) in [5.41, 5.74) is 4.64. The fraction of sp³-hybridized carbons (Fsp3) is 0.226. The van der Waals surface area contributed by atoms with Crippen LogP contribution in [0, 0.1) is 5.82 Å². The average Bonchev–Trinajstić information content (AvgIpc) is 3.00. The monoisotopic (exact) mass is 746 g/mol. The normalized spacial score (nSPS) is 14.4. The zero-order valence-corrected chi connectivity index (χ0v) is 27.6. The highest BCUT2D eigenvalue weighted by atomic mass is 79.9. The Morgan fingerprint density at radius 2 is 1.80 bits per heavy atom. The summed E-state index contributed by atoms with van der Waals surface area (Å²) in [6.07, 6.45) is 1.44. The number of hydrogen-bond acceptors (Lipinski definition) is 8. The Morgan fingerprint density at radius 3 is 2.49 bits per heavy atom. The van der Waals surface area contributed by atoms with Gasteiger partial charge in [0.05, 0.1) is 40.5 Å². The highest BCUT2D eigenvalue weighted by Gasteiger charge is 2.32. The van der Waals surface area contributed by atoms with Crippen molar-refractivity contribution in [3.8, 4) is 17.2 Å². The van der Waals surface area contributed by atoms with Crippen molar-refractivity contribution in [2.45, 2.75) is 26.5 Å². The molecule has 11 nitrogen and oxygen atoms in total. The third kappa shape index (κ3) is 8.60. The number of allylic oxidation sites excluding steroid dienone is 1. The van der Waals surface area contributed by atoms with Gasteiger partial charge in [0.1, 0.15) is 18.2 Å². The Kier molecular flexibility index (Phi) is 11.5. The first-order valence-electron chi connectivity index (χ1n) is 13.5. The van der Waals surface area contributed by atoms with Crippen LogP contribution in [0.25, 0.3) is 0 Å². The first-order chi connectivity index (χ1) is 21.6. The molecule has 0 saturated carbocycles. The van der Waals surface area contributed by atoms with E-state index in [1.165, 1.54) is 19.4 Å². The van der Waals surface area contributed by atoms with Crippen LogP contribution in [0.1, 0.15) is 36.6 Å². The van der Waals surface area contributed by atoms with Gasteiger partial charge in [0, 0.05) is 11.3 Å². The van der Waals surface area contributed by atoms with Crippen LogP contribution in [-0.2, 0) is 20.9 Å². The lowest BCUT2D eigenvalue weighted by atomic mass is 9.95. The number of carbonyl (C=O) groups is 3. The van der Waals surface area contributed by atoms with Gasteiger partial charge in [-0.05, 0) is 87.2 Å². The first-order valence-corrected chi connectivity index (χ1v) is 15.1. The topological polar surface area (TPSA) is 137 Å². The summed E-state index contributed by atoms with van der Waals surface area (Å²) in [5.74, 6) is -0.421. The van der Waals surface area contributed by atoms with E-state index in [0.717, 1.165) is 0 Å². The number of urea groups is 1. The second-order valence-electron chi connectivity index (χ2n) is 9.48. The van der Waals surface area contributed by atoms with Crippen LogP contribution < -0.4 is 30.3 Å². The van der Waals surface area contributed by atoms with Crippen molar-refractivity contribution in [1.82, 2.24) is 16.1 Å². The van der Waals surface area contributed by atoms with Gasteiger partial charge in [-0.1, -0.05) is 24.3 Å². The Hall–Kier alpha value is -4.43. The molecule has 0 saturated heterocycles. The molecule has 0 spiro atoms. The van der Waals surface area contributed by atoms with Crippen molar-refractivity contribution >= 4 is 56.0 Å². The highest BCUT2D eigenvalue weighted by Crippen LogP contribution is 2.36. The molecule has 1 atom stereocenters. The number of halogens is 3. The van der Waals surface area contributed by atoms with Crippen LogP contribution in [0.5, 0.6) is 17.2 Å². The quantitative estimate of drug-likeness (QED) is 0.124. The summed E-state index contributed by atoms with van der Waals surface area (Å²) < 4.78 is 37.2. The molecule has 3 aromatic carbocycles. The van der Waals surface area contributed by atoms with Gasteiger partial charge in [-0.2, -0.15) is 5.10 Å². The number of nitrogens with zero attached hydrogens (tertiary/aromatic N) is 1. The lowest BCUT2D eigenvalue weighted by Gasteiger charge is -2.28. The number of rotatable bonds is 12. The summed E-state index contributed by atoms with van der Waals surface area (Å²) in [5, 5.41) is 9.29. The van der Waals surface area contributed by atoms with Crippen molar-refractivity contribution in [3.63, 3.8) is 0 Å². The molecule has 0 unspecified atom stereocenters. The molecule has 14 heteroatoms. The molecule has 1 aliphatic rings. The van der Waals surface area contributed by atoms with Gasteiger partial charge < -0.3 is 29.6 Å². The highest BCUT2D eigenvalue weighted by molar-refractivity contribution is 9.11. The van der Waals surface area contributed by atoms with E-state index >= 15 is 0 Å². The Morgan fingerprint density at radius 1 is 1.07 bits per heavy atom. The van der Waals surface area contributed by atoms with Crippen LogP contribution in [0.4, 0.5) is 9.18 Å². The zero-order valence-electron chi connectivity index (χ0n) is 24.4. The van der Waals surface area contributed by atoms with Crippen molar-refractivity contribution in [1.29, 1.82) is 0 Å². The minimum Gasteiger partial charge on any atom is -0.493 e. The van der Waals surface area contributed by atoms with Crippen molar-refractivity contribution in [2.75, 3.05) is 20.3 Å². The molecule has 0 fully saturated rings. The maximum Gasteiger partial charge on any atom is 0.338 e. The summed E-state index contributed by atoms with van der Waals surface area (Å²) in [6, 6.07) is 13.4. The maximum absolute atomic E-state index is 13.9. The molecule has 236 valence electrons. The van der Waals surface area contributed by atoms with Gasteiger partial charge in [0.2, 0.25) is 0 Å². The van der Waals surface area contributed by atoms with E-state index in [1.807, 2.05) is 0 Å². The largest absolute Gasteiger partial charge is 0.493 e. The maximum atomic E-state index is 13.9. The van der Waals surface area contributed by atoms with Crippen molar-refractivity contribution in [2.24, 2.45) is 5.10 Å². The van der Waals surface area contributed by atoms with Crippen LogP contribution in [0.3, 0.4) is 0 Å². The van der Waals surface area contributed by atoms with Gasteiger partial charge in [-0.3, -0.25) is 4.79 Å². The summed E-state index contributed by atoms with van der Waals surface area (Å²) >= 11 is 6.90. The fourth-order valence-corrected chi connectivity index (χ4v) is 5.77. The lowest BCUT2D eigenvalue weighted by Crippen LogP contribution is -2.45. The molecule has 0 aromatic heterocycles. The van der Waals surface area contributed by atoms with Gasteiger partial charge >= 0.3 is 12.0 Å². The first kappa shape index (κ1) is 33.5. The summed E-state index contributed by atoms with van der Waals surface area (Å²) in [7, 11) is 1.43. The number of nitrogens with one attached hydrogen (secondary N) is 3. The van der Waals surface area contributed by atoms with E-state index in [-0.39, 0.29) is 42.7 Å². The molecular formula is C31H29Br2FN4O7. The second kappa shape index (κ2) is 15.5. The average molecular weight is 748 g/mol. The number of esters is 1. The minimum atomic E-state index is -0.786. The van der Waals surface area contributed by atoms with Gasteiger partial charge in [0.25, 0.3) is 5.91 Å². The Balaban J connectivity index is 1.36. The van der Waals surface area contributed by atoms with Crippen LogP contribution in [0.15, 0.2) is 79.9 Å². The fourth-order valence-electron chi connectivity index (χ4n) is 4.32. The zero-order chi connectivity index (χ0) is 32.5. The molecular weight excluding hydrogens is 719 g/mol. The van der Waals surface area contributed by atoms with Crippen molar-refractivity contribution in [3.05, 3.63) is 97.3 Å². The van der Waals surface area contributed by atoms with Crippen LogP contribution in [0.2, 0.25) is 0 Å². The third-order valence-electron chi connectivity index (χ3n) is 6.40. The number of carbonyl (C=O) groups excluding carboxylic acids is 3. The molecule has 3 aromatic rings. The molecule has 3 amide bonds. The van der Waals surface area contributed by atoms with Crippen LogP contribution >= 0.6 is 31.9 Å². The predicted octanol–water partition coefficient (Wildman–Crippen LogP) is 5.66. The molecule has 1 heterocycles. The molecule has 45 heavy (non-hydrogen) atoms. The Bertz CT molecular complexity index is 1640. The minimum absolute atomic E-state index is 0.0425. The molecule has 4 rings (SSSR count). The Labute approximate surface area is 275 Å². The van der Waals surface area contributed by atoms with Crippen molar-refractivity contribution < 1.29 is 37.7 Å². The number of amides is 3. The number of benzene rings is 3. The summed E-state index contributed by atoms with van der Waals surface area (Å²) in [6.45, 7) is 3.15. The lowest BCUT2D eigenvalue weighted by molar-refractivity contribution is -0.139. The smallest absolute Gasteiger partial charge is 0.338 e. The molecule has 1 aliphatic heterocycles. The summed E-state index contributed by atoms with van der Waals surface area (Å²) in [4.78, 5) is 37.2. The van der Waals surface area contributed by atoms with E-state index in [2.05, 4.69) is 53.0 Å². The number of ether oxygens (including phenoxy) is 4. The molecule has 0 aliphatic carbocycles. The molecule has 0 radical (unpaired) electrons. The van der Waals surface area contributed by atoms with Gasteiger partial charge in [-0.25, -0.2) is 19.4 Å². The van der Waals surface area contributed by atoms with E-state index in [9.17, 15) is 18.8 Å². The van der Waals surface area contributed by atoms with Crippen LogP contribution in [-0.4, -0.2) is 44.4 Å². The van der Waals surface area contributed by atoms with E-state index in [0.29, 0.717) is 37.1 Å². The molecule has 3 N–H and O–H groups in total. The van der Waals surface area contributed by atoms with Gasteiger partial charge in [0.15, 0.2) is 18.1 Å². The number of hydrogen-bond donors (Lipinski definition) is 3. The van der Waals surface area contributed by atoms with E-state index in [1.54, 1.807) is 62.4 Å². The SMILES string of the molecule is CCOC(=O)C1=C(C)NC(=O)N[C@@H]1c1ccc(OCC(=O)N/N=C\c2cc(Br)c(OCc3ccccc3F)c(Br)c2)c(OC)c1. The van der Waals surface area contributed by atoms with E-state index in [4.69, 9.17) is 18.9 Å². The second-order valence-corrected chi connectivity index (χ2v) is 11.2. The van der Waals surface area contributed by atoms with E-state index < -0.39 is 23.9 Å². The standard InChI is InChI=1S/C31H29Br2FN4O7/c1-4-43-30(40)27-17(2)36-31(41)37-28(27)19-9-10-24(25(13-19)42-3)44-16-26(39)38-35-14-18-11-21(32)29(22(33)12-18)45-15-20-7-5-6-8-23(20)34/h5-14,28H,4,15-16H2,1-3H3,(H,38,39)(H2,36,37,41)/b35-14-/t28-/m1/s1. The molecule has 0 bridgehead atoms. The third-order valence-corrected chi connectivity index (χ3v) is 7.58. The number of methoxy groups -OCH3 is 1. The predicted molar refractivity (Wildman–Crippen MR) is 171 cm³/mol. The number of hydrazone groups is 1. The van der Waals surface area contributed by atoms with Gasteiger partial charge in [-0.15, -0.1) is 0 Å².